The summed E-state index contributed by atoms with van der Waals surface area (Å²) in [6.45, 7) is 4.32. The Morgan fingerprint density at radius 3 is 2.42 bits per heavy atom. The second kappa shape index (κ2) is 5.45. The highest BCUT2D eigenvalue weighted by Gasteiger charge is 2.07. The molecule has 0 heterocycles. The summed E-state index contributed by atoms with van der Waals surface area (Å²) in [5.41, 5.74) is 10.1. The SMILES string of the molecule is Cc1cc(N)cc(C)c1OCc1ccccc1C#N. The van der Waals surface area contributed by atoms with E-state index < -0.39 is 0 Å². The molecule has 0 atom stereocenters. The average molecular weight is 252 g/mol. The zero-order valence-corrected chi connectivity index (χ0v) is 11.1. The van der Waals surface area contributed by atoms with Crippen LogP contribution in [0.3, 0.4) is 0 Å². The summed E-state index contributed by atoms with van der Waals surface area (Å²) in [7, 11) is 0. The van der Waals surface area contributed by atoms with Gasteiger partial charge in [0.25, 0.3) is 0 Å². The number of benzene rings is 2. The molecule has 0 aliphatic carbocycles. The molecule has 0 bridgehead atoms. The smallest absolute Gasteiger partial charge is 0.125 e. The lowest BCUT2D eigenvalue weighted by Gasteiger charge is -2.13. The maximum Gasteiger partial charge on any atom is 0.125 e. The number of hydrogen-bond acceptors (Lipinski definition) is 3. The van der Waals surface area contributed by atoms with Gasteiger partial charge >= 0.3 is 0 Å². The number of rotatable bonds is 3. The Labute approximate surface area is 113 Å². The summed E-state index contributed by atoms with van der Waals surface area (Å²) in [6, 6.07) is 13.4. The van der Waals surface area contributed by atoms with Crippen molar-refractivity contribution in [2.75, 3.05) is 5.73 Å². The summed E-state index contributed by atoms with van der Waals surface area (Å²) in [6.07, 6.45) is 0. The van der Waals surface area contributed by atoms with Gasteiger partial charge < -0.3 is 10.5 Å². The van der Waals surface area contributed by atoms with E-state index in [1.165, 1.54) is 0 Å². The summed E-state index contributed by atoms with van der Waals surface area (Å²) in [5.74, 6) is 0.835. The van der Waals surface area contributed by atoms with Gasteiger partial charge in [0.15, 0.2) is 0 Å². The van der Waals surface area contributed by atoms with Gasteiger partial charge in [-0.3, -0.25) is 0 Å². The number of nitriles is 1. The van der Waals surface area contributed by atoms with Gasteiger partial charge in [0.05, 0.1) is 11.6 Å². The molecule has 0 aliphatic rings. The Morgan fingerprint density at radius 2 is 1.79 bits per heavy atom. The molecule has 96 valence electrons. The van der Waals surface area contributed by atoms with E-state index in [4.69, 9.17) is 15.7 Å². The van der Waals surface area contributed by atoms with Gasteiger partial charge in [-0.1, -0.05) is 18.2 Å². The Morgan fingerprint density at radius 1 is 1.16 bits per heavy atom. The van der Waals surface area contributed by atoms with Gasteiger partial charge in [0, 0.05) is 11.3 Å². The third-order valence-electron chi connectivity index (χ3n) is 2.99. The number of aryl methyl sites for hydroxylation is 2. The second-order valence-corrected chi connectivity index (χ2v) is 4.54. The van der Waals surface area contributed by atoms with Crippen LogP contribution in [0.5, 0.6) is 5.75 Å². The van der Waals surface area contributed by atoms with E-state index in [2.05, 4.69) is 6.07 Å². The first kappa shape index (κ1) is 13.0. The summed E-state index contributed by atoms with van der Waals surface area (Å²) in [5, 5.41) is 9.04. The Kier molecular flexibility index (Phi) is 3.72. The largest absolute Gasteiger partial charge is 0.488 e. The molecule has 0 radical (unpaired) electrons. The molecule has 2 N–H and O–H groups in total. The van der Waals surface area contributed by atoms with Crippen LogP contribution >= 0.6 is 0 Å². The minimum Gasteiger partial charge on any atom is -0.488 e. The first-order chi connectivity index (χ1) is 9.11. The lowest BCUT2D eigenvalue weighted by molar-refractivity contribution is 0.301. The van der Waals surface area contributed by atoms with Crippen LogP contribution in [0.4, 0.5) is 5.69 Å². The number of anilines is 1. The average Bonchev–Trinajstić information content (AvgIpc) is 2.38. The highest BCUT2D eigenvalue weighted by molar-refractivity contribution is 5.52. The zero-order chi connectivity index (χ0) is 13.8. The van der Waals surface area contributed by atoms with E-state index in [9.17, 15) is 0 Å². The van der Waals surface area contributed by atoms with E-state index in [1.807, 2.05) is 44.2 Å². The molecule has 2 aromatic rings. The minimum absolute atomic E-state index is 0.384. The van der Waals surface area contributed by atoms with Crippen LogP contribution in [0.25, 0.3) is 0 Å². The predicted octanol–water partition coefficient (Wildman–Crippen LogP) is 3.34. The van der Waals surface area contributed by atoms with Crippen molar-refractivity contribution in [2.24, 2.45) is 0 Å². The maximum atomic E-state index is 9.04. The van der Waals surface area contributed by atoms with E-state index in [0.29, 0.717) is 12.2 Å². The second-order valence-electron chi connectivity index (χ2n) is 4.54. The topological polar surface area (TPSA) is 59.0 Å². The summed E-state index contributed by atoms with van der Waals surface area (Å²) in [4.78, 5) is 0. The molecule has 0 amide bonds. The number of nitrogens with two attached hydrogens (primary N) is 1. The monoisotopic (exact) mass is 252 g/mol. The van der Waals surface area contributed by atoms with Crippen molar-refractivity contribution in [3.63, 3.8) is 0 Å². The molecule has 19 heavy (non-hydrogen) atoms. The molecule has 3 heteroatoms. The van der Waals surface area contributed by atoms with Crippen molar-refractivity contribution < 1.29 is 4.74 Å². The molecular formula is C16H16N2O. The molecule has 0 saturated heterocycles. The molecule has 0 unspecified atom stereocenters. The van der Waals surface area contributed by atoms with E-state index >= 15 is 0 Å². The predicted molar refractivity (Wildman–Crippen MR) is 75.8 cm³/mol. The lowest BCUT2D eigenvalue weighted by Crippen LogP contribution is -2.01. The number of nitrogens with zero attached hydrogens (tertiary/aromatic N) is 1. The molecule has 0 fully saturated rings. The normalized spacial score (nSPS) is 9.95. The molecule has 2 aromatic carbocycles. The van der Waals surface area contributed by atoms with Gasteiger partial charge in [-0.2, -0.15) is 5.26 Å². The summed E-state index contributed by atoms with van der Waals surface area (Å²) < 4.78 is 5.84. The van der Waals surface area contributed by atoms with Crippen LogP contribution in [-0.4, -0.2) is 0 Å². The van der Waals surface area contributed by atoms with Crippen LogP contribution in [-0.2, 0) is 6.61 Å². The minimum atomic E-state index is 0.384. The molecule has 0 aliphatic heterocycles. The van der Waals surface area contributed by atoms with Crippen molar-refractivity contribution in [3.8, 4) is 11.8 Å². The van der Waals surface area contributed by atoms with Crippen molar-refractivity contribution in [1.82, 2.24) is 0 Å². The molecular weight excluding hydrogens is 236 g/mol. The number of nitrogen functional groups attached to an aromatic ring is 1. The number of hydrogen-bond donors (Lipinski definition) is 1. The van der Waals surface area contributed by atoms with Crippen LogP contribution in [0.2, 0.25) is 0 Å². The van der Waals surface area contributed by atoms with E-state index in [0.717, 1.165) is 28.1 Å². The van der Waals surface area contributed by atoms with Gasteiger partial charge in [-0.05, 0) is 43.2 Å². The zero-order valence-electron chi connectivity index (χ0n) is 11.1. The molecule has 0 spiro atoms. The molecule has 0 aromatic heterocycles. The highest BCUT2D eigenvalue weighted by atomic mass is 16.5. The number of ether oxygens (including phenoxy) is 1. The van der Waals surface area contributed by atoms with Gasteiger partial charge in [-0.25, -0.2) is 0 Å². The van der Waals surface area contributed by atoms with E-state index in [1.54, 1.807) is 6.07 Å². The highest BCUT2D eigenvalue weighted by Crippen LogP contribution is 2.26. The standard InChI is InChI=1S/C16H16N2O/c1-11-7-15(18)8-12(2)16(11)19-10-14-6-4-3-5-13(14)9-17/h3-8H,10,18H2,1-2H3. The Hall–Kier alpha value is -2.47. The third kappa shape index (κ3) is 2.86. The van der Waals surface area contributed by atoms with Crippen molar-refractivity contribution in [1.29, 1.82) is 5.26 Å². The third-order valence-corrected chi connectivity index (χ3v) is 2.99. The van der Waals surface area contributed by atoms with Gasteiger partial charge in [0.1, 0.15) is 12.4 Å². The fourth-order valence-electron chi connectivity index (χ4n) is 2.12. The van der Waals surface area contributed by atoms with Crippen LogP contribution in [0.1, 0.15) is 22.3 Å². The quantitative estimate of drug-likeness (QED) is 0.852. The fraction of sp³-hybridized carbons (Fsp3) is 0.188. The lowest BCUT2D eigenvalue weighted by atomic mass is 10.1. The summed E-state index contributed by atoms with van der Waals surface area (Å²) >= 11 is 0. The molecule has 0 saturated carbocycles. The van der Waals surface area contributed by atoms with Crippen LogP contribution in [0.15, 0.2) is 36.4 Å². The van der Waals surface area contributed by atoms with E-state index in [-0.39, 0.29) is 0 Å². The molecule has 2 rings (SSSR count). The van der Waals surface area contributed by atoms with Gasteiger partial charge in [-0.15, -0.1) is 0 Å². The van der Waals surface area contributed by atoms with Crippen LogP contribution < -0.4 is 10.5 Å². The van der Waals surface area contributed by atoms with Crippen molar-refractivity contribution in [2.45, 2.75) is 20.5 Å². The van der Waals surface area contributed by atoms with Gasteiger partial charge in [0.2, 0.25) is 0 Å². The molecule has 3 nitrogen and oxygen atoms in total. The van der Waals surface area contributed by atoms with Crippen molar-refractivity contribution >= 4 is 5.69 Å². The van der Waals surface area contributed by atoms with Crippen molar-refractivity contribution in [3.05, 3.63) is 58.7 Å². The Balaban J connectivity index is 2.22. The van der Waals surface area contributed by atoms with Crippen LogP contribution in [0, 0.1) is 25.2 Å². The Bertz CT molecular complexity index is 618. The fourth-order valence-corrected chi connectivity index (χ4v) is 2.12. The first-order valence-corrected chi connectivity index (χ1v) is 6.09. The first-order valence-electron chi connectivity index (χ1n) is 6.09. The maximum absolute atomic E-state index is 9.04.